The molecule has 1 saturated carbocycles. The molecule has 0 N–H and O–H groups in total. The summed E-state index contributed by atoms with van der Waals surface area (Å²) in [5, 5.41) is 0. The van der Waals surface area contributed by atoms with E-state index in [1.54, 1.807) is 30.0 Å². The van der Waals surface area contributed by atoms with Crippen molar-refractivity contribution in [3.05, 3.63) is 53.3 Å². The van der Waals surface area contributed by atoms with Gasteiger partial charge in [0.2, 0.25) is 0 Å². The monoisotopic (exact) mass is 502 g/mol. The van der Waals surface area contributed by atoms with E-state index >= 15 is 0 Å². The van der Waals surface area contributed by atoms with Gasteiger partial charge in [-0.05, 0) is 61.6 Å². The maximum atomic E-state index is 14.7. The highest BCUT2D eigenvalue weighted by Gasteiger charge is 2.28. The van der Waals surface area contributed by atoms with Crippen LogP contribution in [-0.4, -0.2) is 64.0 Å². The number of hydrogen-bond donors (Lipinski definition) is 0. The molecule has 2 aromatic carbocycles. The van der Waals surface area contributed by atoms with Crippen LogP contribution in [0.4, 0.5) is 10.1 Å². The van der Waals surface area contributed by atoms with Crippen LogP contribution in [0.5, 0.6) is 5.75 Å². The zero-order valence-corrected chi connectivity index (χ0v) is 20.9. The normalized spacial score (nSPS) is 17.9. The maximum absolute atomic E-state index is 14.7. The molecule has 0 bridgehead atoms. The number of aldehydes is 1. The Bertz CT molecular complexity index is 1200. The first-order valence-electron chi connectivity index (χ1n) is 12.0. The molecule has 0 aromatic heterocycles. The molecule has 1 heterocycles. The molecule has 2 aliphatic rings. The molecule has 35 heavy (non-hydrogen) atoms. The number of carbonyl (C=O) groups excluding carboxylic acids is 2. The summed E-state index contributed by atoms with van der Waals surface area (Å²) in [6, 6.07) is 9.27. The number of halogens is 1. The van der Waals surface area contributed by atoms with Gasteiger partial charge in [-0.25, -0.2) is 12.8 Å². The summed E-state index contributed by atoms with van der Waals surface area (Å²) in [6.07, 6.45) is 5.89. The molecule has 2 fully saturated rings. The van der Waals surface area contributed by atoms with Gasteiger partial charge in [0, 0.05) is 38.4 Å². The van der Waals surface area contributed by atoms with E-state index in [9.17, 15) is 22.4 Å². The van der Waals surface area contributed by atoms with Gasteiger partial charge >= 0.3 is 0 Å². The summed E-state index contributed by atoms with van der Waals surface area (Å²) in [6.45, 7) is 3.29. The summed E-state index contributed by atoms with van der Waals surface area (Å²) < 4.78 is 45.1. The fraction of sp³-hybridized carbons (Fsp3) is 0.462. The third kappa shape index (κ3) is 5.66. The Hall–Kier alpha value is -2.94. The number of benzene rings is 2. The topological polar surface area (TPSA) is 84.0 Å². The smallest absolute Gasteiger partial charge is 0.257 e. The second-order valence-corrected chi connectivity index (χ2v) is 11.4. The second kappa shape index (κ2) is 10.4. The molecule has 1 aliphatic carbocycles. The molecule has 1 saturated heterocycles. The number of ether oxygens (including phenoxy) is 1. The van der Waals surface area contributed by atoms with Crippen LogP contribution in [-0.2, 0) is 14.6 Å². The molecule has 1 atom stereocenters. The van der Waals surface area contributed by atoms with Crippen molar-refractivity contribution in [1.82, 2.24) is 4.90 Å². The number of rotatable bonds is 7. The molecule has 188 valence electrons. The average Bonchev–Trinajstić information content (AvgIpc) is 3.36. The molecule has 7 nitrogen and oxygen atoms in total. The Kier molecular flexibility index (Phi) is 7.44. The summed E-state index contributed by atoms with van der Waals surface area (Å²) in [5.74, 6) is -0.665. The van der Waals surface area contributed by atoms with Crippen LogP contribution < -0.4 is 9.64 Å². The number of carbonyl (C=O) groups is 2. The Balaban J connectivity index is 1.51. The van der Waals surface area contributed by atoms with Crippen molar-refractivity contribution in [2.24, 2.45) is 0 Å². The predicted octanol–water partition coefficient (Wildman–Crippen LogP) is 3.82. The van der Waals surface area contributed by atoms with Gasteiger partial charge in [-0.1, -0.05) is 13.0 Å². The van der Waals surface area contributed by atoms with Crippen molar-refractivity contribution < 1.29 is 27.1 Å². The van der Waals surface area contributed by atoms with Gasteiger partial charge in [0.15, 0.2) is 9.84 Å². The van der Waals surface area contributed by atoms with Gasteiger partial charge in [0.05, 0.1) is 22.3 Å². The quantitative estimate of drug-likeness (QED) is 0.536. The van der Waals surface area contributed by atoms with Crippen LogP contribution in [0.15, 0.2) is 41.3 Å². The van der Waals surface area contributed by atoms with E-state index < -0.39 is 15.7 Å². The zero-order chi connectivity index (χ0) is 25.2. The first-order valence-corrected chi connectivity index (χ1v) is 13.9. The van der Waals surface area contributed by atoms with Crippen molar-refractivity contribution in [2.45, 2.75) is 49.5 Å². The minimum Gasteiger partial charge on any atom is -0.490 e. The van der Waals surface area contributed by atoms with E-state index in [0.717, 1.165) is 38.2 Å². The lowest BCUT2D eigenvalue weighted by atomic mass is 10.0. The summed E-state index contributed by atoms with van der Waals surface area (Å²) in [7, 11) is -3.49. The fourth-order valence-corrected chi connectivity index (χ4v) is 5.30. The van der Waals surface area contributed by atoms with Gasteiger partial charge in [0.25, 0.3) is 5.91 Å². The maximum Gasteiger partial charge on any atom is 0.257 e. The molecule has 0 spiro atoms. The highest BCUT2D eigenvalue weighted by Crippen LogP contribution is 2.30. The van der Waals surface area contributed by atoms with E-state index in [4.69, 9.17) is 4.74 Å². The summed E-state index contributed by atoms with van der Waals surface area (Å²) >= 11 is 0. The highest BCUT2D eigenvalue weighted by molar-refractivity contribution is 7.90. The van der Waals surface area contributed by atoms with Crippen LogP contribution >= 0.6 is 0 Å². The number of hydrogen-bond acceptors (Lipinski definition) is 6. The Labute approximate surface area is 205 Å². The lowest BCUT2D eigenvalue weighted by molar-refractivity contribution is -0.108. The van der Waals surface area contributed by atoms with Crippen molar-refractivity contribution in [1.29, 1.82) is 0 Å². The molecule has 2 aromatic rings. The molecule has 1 unspecified atom stereocenters. The molecule has 4 rings (SSSR count). The Morgan fingerprint density at radius 2 is 1.77 bits per heavy atom. The minimum absolute atomic E-state index is 0.0235. The molecule has 0 radical (unpaired) electrons. The first kappa shape index (κ1) is 25.2. The predicted molar refractivity (Wildman–Crippen MR) is 131 cm³/mol. The van der Waals surface area contributed by atoms with Crippen molar-refractivity contribution in [3.8, 4) is 5.75 Å². The molecular formula is C26H31FN2O5S. The van der Waals surface area contributed by atoms with Crippen LogP contribution in [0.1, 0.15) is 54.4 Å². The van der Waals surface area contributed by atoms with Crippen molar-refractivity contribution in [2.75, 3.05) is 37.3 Å². The lowest BCUT2D eigenvalue weighted by Crippen LogP contribution is -2.49. The number of anilines is 1. The molecule has 1 aliphatic heterocycles. The van der Waals surface area contributed by atoms with Gasteiger partial charge < -0.3 is 19.3 Å². The van der Waals surface area contributed by atoms with Gasteiger partial charge in [-0.3, -0.25) is 4.79 Å². The van der Waals surface area contributed by atoms with E-state index in [2.05, 4.69) is 0 Å². The number of amides is 1. The van der Waals surface area contributed by atoms with Crippen LogP contribution in [0.2, 0.25) is 0 Å². The van der Waals surface area contributed by atoms with Gasteiger partial charge in [-0.15, -0.1) is 0 Å². The SMILES string of the molecule is CC(C=O)c1ccc(N2CCN(C(=O)c3cc(S(C)(=O)=O)ccc3OC3CCCC3)CC2)c(F)c1. The number of piperazine rings is 1. The molecular weight excluding hydrogens is 471 g/mol. The zero-order valence-electron chi connectivity index (χ0n) is 20.1. The van der Waals surface area contributed by atoms with Gasteiger partial charge in [0.1, 0.15) is 17.9 Å². The average molecular weight is 503 g/mol. The van der Waals surface area contributed by atoms with Crippen molar-refractivity contribution >= 4 is 27.7 Å². The third-order valence-electron chi connectivity index (χ3n) is 6.81. The van der Waals surface area contributed by atoms with E-state index in [-0.39, 0.29) is 28.4 Å². The second-order valence-electron chi connectivity index (χ2n) is 9.37. The van der Waals surface area contributed by atoms with E-state index in [0.29, 0.717) is 43.2 Å². The summed E-state index contributed by atoms with van der Waals surface area (Å²) in [5.41, 5.74) is 1.30. The Morgan fingerprint density at radius 1 is 1.09 bits per heavy atom. The summed E-state index contributed by atoms with van der Waals surface area (Å²) in [4.78, 5) is 28.1. The Morgan fingerprint density at radius 3 is 2.37 bits per heavy atom. The van der Waals surface area contributed by atoms with Crippen LogP contribution in [0.25, 0.3) is 0 Å². The van der Waals surface area contributed by atoms with E-state index in [1.807, 2.05) is 4.90 Å². The highest BCUT2D eigenvalue weighted by atomic mass is 32.2. The number of sulfone groups is 1. The number of nitrogens with zero attached hydrogens (tertiary/aromatic N) is 2. The van der Waals surface area contributed by atoms with Crippen LogP contribution in [0.3, 0.4) is 0 Å². The standard InChI is InChI=1S/C26H31FN2O5S/c1-18(17-30)19-7-9-24(23(27)15-19)28-11-13-29(14-12-28)26(31)22-16-21(35(2,32)33)8-10-25(22)34-20-5-3-4-6-20/h7-10,15-18,20H,3-6,11-14H2,1-2H3. The first-order chi connectivity index (χ1) is 16.7. The third-order valence-corrected chi connectivity index (χ3v) is 7.92. The fourth-order valence-electron chi connectivity index (χ4n) is 4.66. The van der Waals surface area contributed by atoms with Crippen LogP contribution in [0, 0.1) is 5.82 Å². The van der Waals surface area contributed by atoms with E-state index in [1.165, 1.54) is 18.2 Å². The van der Waals surface area contributed by atoms with Crippen molar-refractivity contribution in [3.63, 3.8) is 0 Å². The lowest BCUT2D eigenvalue weighted by Gasteiger charge is -2.36. The largest absolute Gasteiger partial charge is 0.490 e. The minimum atomic E-state index is -3.49. The molecule has 9 heteroatoms. The molecule has 1 amide bonds. The van der Waals surface area contributed by atoms with Gasteiger partial charge in [-0.2, -0.15) is 0 Å².